The fourth-order valence-electron chi connectivity index (χ4n) is 0.957. The summed E-state index contributed by atoms with van der Waals surface area (Å²) in [4.78, 5) is 19.6. The lowest BCUT2D eigenvalue weighted by atomic mass is 10.2. The van der Waals surface area contributed by atoms with E-state index in [1.807, 2.05) is 0 Å². The number of nitrogens with zero attached hydrogens (tertiary/aromatic N) is 2. The summed E-state index contributed by atoms with van der Waals surface area (Å²) in [5.74, 6) is 0. The molecule has 7 heteroatoms. The first-order valence-electron chi connectivity index (χ1n) is 3.77. The van der Waals surface area contributed by atoms with E-state index in [1.54, 1.807) is 6.07 Å². The number of hydrogen-bond acceptors (Lipinski definition) is 4. The summed E-state index contributed by atoms with van der Waals surface area (Å²) in [6, 6.07) is 5.78. The first kappa shape index (κ1) is 11.3. The van der Waals surface area contributed by atoms with Gasteiger partial charge in [0, 0.05) is 28.1 Å². The third-order valence-corrected chi connectivity index (χ3v) is 2.10. The summed E-state index contributed by atoms with van der Waals surface area (Å²) in [7, 11) is 0. The average molecular weight is 273 g/mol. The van der Waals surface area contributed by atoms with Gasteiger partial charge in [0.2, 0.25) is 0 Å². The molecule has 15 heavy (non-hydrogen) atoms. The van der Waals surface area contributed by atoms with Gasteiger partial charge in [-0.25, -0.2) is 0 Å². The van der Waals surface area contributed by atoms with Crippen molar-refractivity contribution < 1.29 is 9.85 Å². The van der Waals surface area contributed by atoms with Crippen molar-refractivity contribution in [2.75, 3.05) is 0 Å². The Labute approximate surface area is 92.6 Å². The molecule has 0 heterocycles. The van der Waals surface area contributed by atoms with Gasteiger partial charge >= 0.3 is 4.61 Å². The molecule has 0 unspecified atom stereocenters. The zero-order valence-corrected chi connectivity index (χ0v) is 8.88. The normalized spacial score (nSPS) is 11.1. The standard InChI is InChI=1S/C8H5BrN2O4/c9-8(11(14)15)5-6-3-1-2-4-7(6)10(12)13/h1-5H. The average Bonchev–Trinajstić information content (AvgIpc) is 2.18. The van der Waals surface area contributed by atoms with E-state index in [0.717, 1.165) is 6.08 Å². The molecule has 0 atom stereocenters. The van der Waals surface area contributed by atoms with Crippen LogP contribution in [0.1, 0.15) is 5.56 Å². The predicted molar refractivity (Wildman–Crippen MR) is 57.0 cm³/mol. The number of nitro groups is 2. The van der Waals surface area contributed by atoms with Crippen molar-refractivity contribution in [3.63, 3.8) is 0 Å². The van der Waals surface area contributed by atoms with Gasteiger partial charge in [0.25, 0.3) is 5.69 Å². The molecule has 1 aromatic rings. The highest BCUT2D eigenvalue weighted by Crippen LogP contribution is 2.22. The molecule has 6 nitrogen and oxygen atoms in total. The maximum atomic E-state index is 10.6. The number of hydrogen-bond donors (Lipinski definition) is 0. The van der Waals surface area contributed by atoms with Crippen molar-refractivity contribution in [2.45, 2.75) is 0 Å². The van der Waals surface area contributed by atoms with Gasteiger partial charge in [-0.05, 0) is 6.07 Å². The van der Waals surface area contributed by atoms with E-state index in [2.05, 4.69) is 15.9 Å². The molecule has 0 spiro atoms. The summed E-state index contributed by atoms with van der Waals surface area (Å²) in [6.45, 7) is 0. The number of nitro benzene ring substituents is 1. The van der Waals surface area contributed by atoms with Crippen molar-refractivity contribution in [3.05, 3.63) is 54.7 Å². The van der Waals surface area contributed by atoms with E-state index < -0.39 is 9.85 Å². The van der Waals surface area contributed by atoms with Crippen LogP contribution in [0.15, 0.2) is 28.9 Å². The first-order chi connectivity index (χ1) is 7.02. The van der Waals surface area contributed by atoms with Crippen molar-refractivity contribution >= 4 is 27.7 Å². The van der Waals surface area contributed by atoms with Crippen LogP contribution in [0.4, 0.5) is 5.69 Å². The molecule has 78 valence electrons. The van der Waals surface area contributed by atoms with Gasteiger partial charge in [0.1, 0.15) is 0 Å². The summed E-state index contributed by atoms with van der Waals surface area (Å²) >= 11 is 2.70. The minimum Gasteiger partial charge on any atom is -0.258 e. The number of halogens is 1. The van der Waals surface area contributed by atoms with E-state index in [4.69, 9.17) is 0 Å². The molecular formula is C8H5BrN2O4. The Hall–Kier alpha value is -1.76. The molecule has 0 aromatic heterocycles. The molecule has 0 aliphatic rings. The lowest BCUT2D eigenvalue weighted by molar-refractivity contribution is -0.407. The fourth-order valence-corrected chi connectivity index (χ4v) is 1.20. The largest absolute Gasteiger partial charge is 0.311 e. The monoisotopic (exact) mass is 272 g/mol. The van der Waals surface area contributed by atoms with Gasteiger partial charge in [-0.15, -0.1) is 0 Å². The Morgan fingerprint density at radius 2 is 1.87 bits per heavy atom. The summed E-state index contributed by atoms with van der Waals surface area (Å²) in [6.07, 6.45) is 1.10. The van der Waals surface area contributed by atoms with Gasteiger partial charge in [-0.3, -0.25) is 20.2 Å². The lowest BCUT2D eigenvalue weighted by Crippen LogP contribution is -1.94. The fraction of sp³-hybridized carbons (Fsp3) is 0. The van der Waals surface area contributed by atoms with E-state index >= 15 is 0 Å². The van der Waals surface area contributed by atoms with Crippen LogP contribution in [-0.2, 0) is 0 Å². The number of benzene rings is 1. The van der Waals surface area contributed by atoms with Crippen LogP contribution >= 0.6 is 15.9 Å². The second-order valence-corrected chi connectivity index (χ2v) is 3.35. The summed E-state index contributed by atoms with van der Waals surface area (Å²) in [5, 5.41) is 20.9. The molecule has 0 aliphatic carbocycles. The quantitative estimate of drug-likeness (QED) is 0.481. The van der Waals surface area contributed by atoms with Crippen LogP contribution in [0.3, 0.4) is 0 Å². The van der Waals surface area contributed by atoms with Crippen LogP contribution in [0.5, 0.6) is 0 Å². The Morgan fingerprint density at radius 1 is 1.27 bits per heavy atom. The van der Waals surface area contributed by atoms with Crippen LogP contribution in [-0.4, -0.2) is 9.85 Å². The van der Waals surface area contributed by atoms with Gasteiger partial charge in [-0.2, -0.15) is 0 Å². The maximum absolute atomic E-state index is 10.6. The van der Waals surface area contributed by atoms with Crippen molar-refractivity contribution in [2.24, 2.45) is 0 Å². The van der Waals surface area contributed by atoms with Gasteiger partial charge in [-0.1, -0.05) is 12.1 Å². The Kier molecular flexibility index (Phi) is 3.51. The SMILES string of the molecule is O=[N+]([O-])C(Br)=Cc1ccccc1[N+](=O)[O-]. The Morgan fingerprint density at radius 3 is 2.40 bits per heavy atom. The molecule has 0 N–H and O–H groups in total. The van der Waals surface area contributed by atoms with Crippen molar-refractivity contribution in [1.82, 2.24) is 0 Å². The van der Waals surface area contributed by atoms with E-state index in [0.29, 0.717) is 0 Å². The smallest absolute Gasteiger partial charge is 0.258 e. The van der Waals surface area contributed by atoms with E-state index in [1.165, 1.54) is 18.2 Å². The van der Waals surface area contributed by atoms with Crippen LogP contribution < -0.4 is 0 Å². The third-order valence-electron chi connectivity index (χ3n) is 1.58. The third kappa shape index (κ3) is 2.84. The zero-order chi connectivity index (χ0) is 11.4. The Bertz CT molecular complexity index is 444. The second kappa shape index (κ2) is 4.65. The summed E-state index contributed by atoms with van der Waals surface area (Å²) in [5.41, 5.74) is 0.0161. The highest BCUT2D eigenvalue weighted by Gasteiger charge is 2.13. The van der Waals surface area contributed by atoms with Crippen LogP contribution in [0, 0.1) is 20.2 Å². The minimum atomic E-state index is -0.670. The van der Waals surface area contributed by atoms with Crippen molar-refractivity contribution in [3.8, 4) is 0 Å². The molecule has 0 fully saturated rings. The van der Waals surface area contributed by atoms with Gasteiger partial charge < -0.3 is 0 Å². The molecule has 0 amide bonds. The molecule has 0 aliphatic heterocycles. The predicted octanol–water partition coefficient (Wildman–Crippen LogP) is 2.56. The Balaban J connectivity index is 3.20. The lowest BCUT2D eigenvalue weighted by Gasteiger charge is -1.95. The summed E-state index contributed by atoms with van der Waals surface area (Å²) < 4.78 is -0.322. The highest BCUT2D eigenvalue weighted by molar-refractivity contribution is 9.11. The van der Waals surface area contributed by atoms with Gasteiger partial charge in [0.05, 0.1) is 15.4 Å². The maximum Gasteiger partial charge on any atom is 0.311 e. The number of rotatable bonds is 3. The van der Waals surface area contributed by atoms with E-state index in [9.17, 15) is 20.2 Å². The first-order valence-corrected chi connectivity index (χ1v) is 4.56. The van der Waals surface area contributed by atoms with E-state index in [-0.39, 0.29) is 15.9 Å². The topological polar surface area (TPSA) is 86.3 Å². The van der Waals surface area contributed by atoms with Crippen LogP contribution in [0.2, 0.25) is 0 Å². The van der Waals surface area contributed by atoms with Crippen molar-refractivity contribution in [1.29, 1.82) is 0 Å². The molecule has 0 radical (unpaired) electrons. The second-order valence-electron chi connectivity index (χ2n) is 2.54. The molecule has 0 bridgehead atoms. The zero-order valence-electron chi connectivity index (χ0n) is 7.29. The highest BCUT2D eigenvalue weighted by atomic mass is 79.9. The molecule has 0 saturated heterocycles. The minimum absolute atomic E-state index is 0.170. The van der Waals surface area contributed by atoms with Crippen LogP contribution in [0.25, 0.3) is 6.08 Å². The van der Waals surface area contributed by atoms with Gasteiger partial charge in [0.15, 0.2) is 0 Å². The molecule has 0 saturated carbocycles. The molecular weight excluding hydrogens is 268 g/mol. The molecule has 1 aromatic carbocycles. The number of para-hydroxylation sites is 1. The molecule has 1 rings (SSSR count).